The number of anilines is 2. The summed E-state index contributed by atoms with van der Waals surface area (Å²) in [6.45, 7) is 37.5. The summed E-state index contributed by atoms with van der Waals surface area (Å²) < 4.78 is 52.6. The third-order valence-corrected chi connectivity index (χ3v) is 16.8. The van der Waals surface area contributed by atoms with E-state index in [1.165, 1.54) is 28.8 Å². The number of nitrogens with zero attached hydrogens (tertiary/aromatic N) is 11. The van der Waals surface area contributed by atoms with Gasteiger partial charge in [0.05, 0.1) is 35.3 Å². The molecule has 5 unspecified atom stereocenters. The van der Waals surface area contributed by atoms with E-state index in [1.54, 1.807) is 9.91 Å². The molecule has 6 heterocycles. The highest BCUT2D eigenvalue weighted by Gasteiger charge is 2.44. The molecule has 75 heavy (non-hydrogen) atoms. The second-order valence-electron chi connectivity index (χ2n) is 25.6. The molecule has 18 nitrogen and oxygen atoms in total. The summed E-state index contributed by atoms with van der Waals surface area (Å²) in [4.78, 5) is 27.5. The first kappa shape index (κ1) is 56.3. The fourth-order valence-corrected chi connectivity index (χ4v) is 12.5. The van der Waals surface area contributed by atoms with Crippen LogP contribution in [0, 0.1) is 30.6 Å². The number of unbranched alkanes of at least 4 members (excludes halogenated alkanes) is 2. The molecule has 8 rings (SSSR count). The van der Waals surface area contributed by atoms with Gasteiger partial charge in [-0.2, -0.15) is 20.7 Å². The Morgan fingerprint density at radius 1 is 0.720 bits per heavy atom. The summed E-state index contributed by atoms with van der Waals surface area (Å²) in [6, 6.07) is 9.24. The zero-order valence-electron chi connectivity index (χ0n) is 47.9. The van der Waals surface area contributed by atoms with Crippen LogP contribution < -0.4 is 24.7 Å². The van der Waals surface area contributed by atoms with Gasteiger partial charge < -0.3 is 9.80 Å². The van der Waals surface area contributed by atoms with Gasteiger partial charge in [0, 0.05) is 71.3 Å². The van der Waals surface area contributed by atoms with Gasteiger partial charge in [0.1, 0.15) is 17.6 Å². The Labute approximate surface area is 447 Å². The second kappa shape index (κ2) is 20.2. The molecule has 410 valence electrons. The molecule has 0 saturated carbocycles. The number of hydrazone groups is 1. The van der Waals surface area contributed by atoms with Crippen LogP contribution in [-0.4, -0.2) is 121 Å². The van der Waals surface area contributed by atoms with E-state index >= 15 is 0 Å². The van der Waals surface area contributed by atoms with Crippen LogP contribution in [-0.2, 0) is 20.0 Å². The van der Waals surface area contributed by atoms with Crippen LogP contribution in [0.25, 0.3) is 0 Å². The summed E-state index contributed by atoms with van der Waals surface area (Å²) in [5.74, 6) is 2.03. The largest absolute Gasteiger partial charge is 0.366 e. The Balaban J connectivity index is 0.989. The van der Waals surface area contributed by atoms with Gasteiger partial charge in [0.25, 0.3) is 0 Å². The van der Waals surface area contributed by atoms with Gasteiger partial charge in [0.2, 0.25) is 25.9 Å². The summed E-state index contributed by atoms with van der Waals surface area (Å²) in [6.07, 6.45) is 7.24. The maximum atomic E-state index is 11.9. The average Bonchev–Trinajstić information content (AvgIpc) is 4.05. The molecule has 5 aliphatic heterocycles. The van der Waals surface area contributed by atoms with Crippen molar-refractivity contribution in [3.05, 3.63) is 58.2 Å². The van der Waals surface area contributed by atoms with E-state index in [-0.39, 0.29) is 53.0 Å². The third-order valence-electron chi connectivity index (χ3n) is 15.4. The van der Waals surface area contributed by atoms with Gasteiger partial charge in [-0.1, -0.05) is 69.2 Å². The van der Waals surface area contributed by atoms with Crippen LogP contribution in [0.15, 0.2) is 49.4 Å². The number of benzene rings is 2. The van der Waals surface area contributed by atoms with Gasteiger partial charge in [-0.3, -0.25) is 0 Å². The first-order chi connectivity index (χ1) is 34.6. The SMILES string of the molecule is Cc1cc2c(cc1/N=C1\C3=NC(C(C)CNS(C)(=O)=O)NN3N=C1C(C)(C)C)C(C)CC(C)(C)N2CCCCCN1c2cc(C)c(/N=C3/C(C(C)(C)C)=Nn4nc(C(C)CNS(C)(=O)=O)nc43)cc2C(C)CC1(C)C. The lowest BCUT2D eigenvalue weighted by molar-refractivity contribution is 0.267. The van der Waals surface area contributed by atoms with E-state index in [4.69, 9.17) is 30.2 Å². The summed E-state index contributed by atoms with van der Waals surface area (Å²) in [5, 5.41) is 16.2. The summed E-state index contributed by atoms with van der Waals surface area (Å²) >= 11 is 0. The number of amidine groups is 1. The third kappa shape index (κ3) is 12.0. The number of hydrogen-bond donors (Lipinski definition) is 3. The number of fused-ring (bicyclic) bond motifs is 4. The van der Waals surface area contributed by atoms with Crippen molar-refractivity contribution in [3.63, 3.8) is 0 Å². The highest BCUT2D eigenvalue weighted by molar-refractivity contribution is 7.89. The van der Waals surface area contributed by atoms with E-state index in [0.717, 1.165) is 91.1 Å². The normalized spacial score (nSPS) is 23.3. The number of hydrazine groups is 1. The van der Waals surface area contributed by atoms with Gasteiger partial charge >= 0.3 is 0 Å². The minimum atomic E-state index is -3.36. The number of nitrogens with one attached hydrogen (secondary N) is 3. The average molecular weight is 1070 g/mol. The lowest BCUT2D eigenvalue weighted by Crippen LogP contribution is -2.49. The Morgan fingerprint density at radius 3 is 1.69 bits per heavy atom. The first-order valence-corrected chi connectivity index (χ1v) is 30.6. The van der Waals surface area contributed by atoms with Crippen molar-refractivity contribution in [2.24, 2.45) is 41.9 Å². The number of hydrogen-bond acceptors (Lipinski definition) is 15. The molecule has 0 fully saturated rings. The number of aryl methyl sites for hydroxylation is 2. The van der Waals surface area contributed by atoms with E-state index in [1.807, 2.05) is 13.8 Å². The van der Waals surface area contributed by atoms with Crippen LogP contribution >= 0.6 is 0 Å². The topological polar surface area (TPSA) is 207 Å². The van der Waals surface area contributed by atoms with E-state index < -0.39 is 20.0 Å². The Morgan fingerprint density at radius 2 is 1.20 bits per heavy atom. The zero-order valence-corrected chi connectivity index (χ0v) is 49.6. The molecule has 0 amide bonds. The fourth-order valence-electron chi connectivity index (χ4n) is 11.4. The van der Waals surface area contributed by atoms with Crippen molar-refractivity contribution in [1.29, 1.82) is 0 Å². The van der Waals surface area contributed by atoms with Crippen LogP contribution in [0.4, 0.5) is 22.7 Å². The van der Waals surface area contributed by atoms with Crippen molar-refractivity contribution < 1.29 is 16.8 Å². The molecule has 0 aliphatic carbocycles. The predicted octanol–water partition coefficient (Wildman–Crippen LogP) is 9.21. The van der Waals surface area contributed by atoms with E-state index in [0.29, 0.717) is 35.0 Å². The van der Waals surface area contributed by atoms with Crippen molar-refractivity contribution >= 4 is 71.5 Å². The highest BCUT2D eigenvalue weighted by Crippen LogP contribution is 2.48. The molecule has 5 atom stereocenters. The summed E-state index contributed by atoms with van der Waals surface area (Å²) in [5.41, 5.74) is 14.9. The Hall–Kier alpha value is -4.89. The quantitative estimate of drug-likeness (QED) is 0.116. The van der Waals surface area contributed by atoms with E-state index in [9.17, 15) is 16.8 Å². The fraction of sp³-hybridized carbons (Fsp3) is 0.655. The van der Waals surface area contributed by atoms with Crippen molar-refractivity contribution in [2.75, 3.05) is 48.5 Å². The molecular formula is C55H84N14O4S2. The maximum Gasteiger partial charge on any atom is 0.208 e. The number of aromatic nitrogens is 3. The first-order valence-electron chi connectivity index (χ1n) is 26.8. The van der Waals surface area contributed by atoms with Gasteiger partial charge in [-0.05, 0) is 132 Å². The molecule has 2 aromatic carbocycles. The molecule has 0 radical (unpaired) electrons. The molecule has 0 bridgehead atoms. The Kier molecular flexibility index (Phi) is 15.1. The molecule has 20 heteroatoms. The van der Waals surface area contributed by atoms with Crippen molar-refractivity contribution in [3.8, 4) is 0 Å². The van der Waals surface area contributed by atoms with Crippen LogP contribution in [0.3, 0.4) is 0 Å². The molecule has 3 aromatic rings. The minimum absolute atomic E-state index is 0.0272. The molecular weight excluding hydrogens is 985 g/mol. The van der Waals surface area contributed by atoms with Crippen molar-refractivity contribution in [2.45, 2.75) is 178 Å². The lowest BCUT2D eigenvalue weighted by Gasteiger charge is -2.48. The molecule has 3 N–H and O–H groups in total. The smallest absolute Gasteiger partial charge is 0.208 e. The monoisotopic (exact) mass is 1070 g/mol. The molecule has 1 aromatic heterocycles. The second-order valence-corrected chi connectivity index (χ2v) is 29.2. The standard InChI is InChI=1S/C55H84N14O4S2/c1-32-24-42-38(26-40(32)58-44-46(52(7,8)9)62-68-50(44)60-48(64-68)36(5)30-56-74(17,70)71)34(3)28-54(13,14)66(42)22-20-19-21-23-67-43-25-33(2)41(27-39(43)35(4)29-55(67,15)16)59-45-47(53(10,11)12)63-69-51(45)61-49(65-69)37(6)31-57-75(18,72)73/h24-27,34-37,48,56-57,64H,19-23,28-31H2,1-18H3/b58-44-,59-45-. The van der Waals surface area contributed by atoms with Gasteiger partial charge in [-0.25, -0.2) is 46.2 Å². The Bertz CT molecular complexity index is 3120. The molecule has 5 aliphatic rings. The number of aliphatic imine (C=N–C) groups is 3. The van der Waals surface area contributed by atoms with E-state index in [2.05, 4.69) is 151 Å². The van der Waals surface area contributed by atoms with Gasteiger partial charge in [0.15, 0.2) is 11.7 Å². The van der Waals surface area contributed by atoms with Crippen LogP contribution in [0.5, 0.6) is 0 Å². The molecule has 0 spiro atoms. The summed E-state index contributed by atoms with van der Waals surface area (Å²) in [7, 11) is -6.70. The predicted molar refractivity (Wildman–Crippen MR) is 307 cm³/mol. The highest BCUT2D eigenvalue weighted by atomic mass is 32.2. The minimum Gasteiger partial charge on any atom is -0.366 e. The number of rotatable bonds is 16. The van der Waals surface area contributed by atoms with Crippen LogP contribution in [0.1, 0.15) is 181 Å². The molecule has 0 saturated heterocycles. The lowest BCUT2D eigenvalue weighted by atomic mass is 9.79. The number of sulfonamides is 2. The van der Waals surface area contributed by atoms with Crippen molar-refractivity contribution in [1.82, 2.24) is 34.9 Å². The maximum absolute atomic E-state index is 11.9. The van der Waals surface area contributed by atoms with Gasteiger partial charge in [-0.15, -0.1) is 9.89 Å². The van der Waals surface area contributed by atoms with Crippen LogP contribution in [0.2, 0.25) is 0 Å². The zero-order chi connectivity index (χ0) is 55.1.